The zero-order valence-corrected chi connectivity index (χ0v) is 15.5. The average Bonchev–Trinajstić information content (AvgIpc) is 3.00. The molecular formula is C17H16F3N3O5S. The van der Waals surface area contributed by atoms with Gasteiger partial charge in [0, 0.05) is 29.0 Å². The van der Waals surface area contributed by atoms with Gasteiger partial charge in [-0.3, -0.25) is 14.7 Å². The maximum Gasteiger partial charge on any atom is 0.490 e. The van der Waals surface area contributed by atoms with E-state index in [2.05, 4.69) is 10.3 Å². The number of thioether (sulfide) groups is 1. The number of nitrogens with zero attached hydrogens (tertiary/aromatic N) is 2. The molecule has 2 saturated heterocycles. The molecule has 4 heterocycles. The van der Waals surface area contributed by atoms with Gasteiger partial charge in [0.05, 0.1) is 6.04 Å². The Morgan fingerprint density at radius 3 is 2.45 bits per heavy atom. The van der Waals surface area contributed by atoms with Gasteiger partial charge in [0.25, 0.3) is 0 Å². The van der Waals surface area contributed by atoms with Crippen molar-refractivity contribution in [3.63, 3.8) is 0 Å². The van der Waals surface area contributed by atoms with Gasteiger partial charge in [0.1, 0.15) is 11.7 Å². The second-order valence-electron chi connectivity index (χ2n) is 6.48. The first-order valence-electron chi connectivity index (χ1n) is 8.48. The van der Waals surface area contributed by atoms with Crippen LogP contribution in [0, 0.1) is 5.92 Å². The number of halogens is 3. The number of piperidine rings is 1. The lowest BCUT2D eigenvalue weighted by Crippen LogP contribution is -2.71. The first-order valence-corrected chi connectivity index (χ1v) is 9.47. The van der Waals surface area contributed by atoms with E-state index >= 15 is 0 Å². The van der Waals surface area contributed by atoms with Gasteiger partial charge in [-0.05, 0) is 30.7 Å². The Balaban J connectivity index is 0.000000298. The predicted octanol–water partition coefficient (Wildman–Crippen LogP) is 1.35. The fraction of sp³-hybridized carbons (Fsp3) is 0.412. The summed E-state index contributed by atoms with van der Waals surface area (Å²) in [6.07, 6.45) is -0.754. The second-order valence-corrected chi connectivity index (χ2v) is 7.53. The summed E-state index contributed by atoms with van der Waals surface area (Å²) in [5.74, 6) is -3.08. The van der Waals surface area contributed by atoms with E-state index in [1.54, 1.807) is 24.2 Å². The van der Waals surface area contributed by atoms with Crippen molar-refractivity contribution >= 4 is 29.6 Å². The molecule has 0 aromatic carbocycles. The molecule has 3 N–H and O–H groups in total. The van der Waals surface area contributed by atoms with Crippen LogP contribution in [0.15, 0.2) is 40.7 Å². The number of carbonyl (C=O) groups is 3. The van der Waals surface area contributed by atoms with Gasteiger partial charge in [-0.15, -0.1) is 11.8 Å². The molecule has 4 rings (SSSR count). The maximum atomic E-state index is 12.1. The normalized spacial score (nSPS) is 25.0. The van der Waals surface area contributed by atoms with Crippen molar-refractivity contribution in [2.75, 3.05) is 12.3 Å². The first-order chi connectivity index (χ1) is 13.6. The molecule has 0 radical (unpaired) electrons. The minimum absolute atomic E-state index is 0.000361. The molecule has 1 unspecified atom stereocenters. The summed E-state index contributed by atoms with van der Waals surface area (Å²) < 4.78 is 31.7. The molecule has 8 nitrogen and oxygen atoms in total. The van der Waals surface area contributed by atoms with Gasteiger partial charge in [0.15, 0.2) is 0 Å². The van der Waals surface area contributed by atoms with Crippen LogP contribution >= 0.6 is 11.8 Å². The van der Waals surface area contributed by atoms with Crippen LogP contribution in [0.1, 0.15) is 6.42 Å². The van der Waals surface area contributed by atoms with Crippen molar-refractivity contribution in [3.8, 4) is 0 Å². The summed E-state index contributed by atoms with van der Waals surface area (Å²) in [7, 11) is 0. The van der Waals surface area contributed by atoms with Crippen LogP contribution in [0.4, 0.5) is 13.2 Å². The van der Waals surface area contributed by atoms with Crippen molar-refractivity contribution in [1.82, 2.24) is 15.2 Å². The van der Waals surface area contributed by atoms with E-state index in [0.717, 1.165) is 23.4 Å². The third-order valence-corrected chi connectivity index (χ3v) is 5.92. The van der Waals surface area contributed by atoms with Crippen molar-refractivity contribution in [3.05, 3.63) is 35.8 Å². The number of alkyl halides is 3. The number of aliphatic carboxylic acids is 2. The Labute approximate surface area is 166 Å². The number of carbonyl (C=O) groups excluding carboxylic acids is 1. The molecule has 156 valence electrons. The Morgan fingerprint density at radius 2 is 1.90 bits per heavy atom. The molecule has 0 saturated carbocycles. The summed E-state index contributed by atoms with van der Waals surface area (Å²) in [4.78, 5) is 39.2. The van der Waals surface area contributed by atoms with Crippen LogP contribution in [0.3, 0.4) is 0 Å². The van der Waals surface area contributed by atoms with Gasteiger partial charge in [-0.2, -0.15) is 13.2 Å². The molecule has 0 spiro atoms. The van der Waals surface area contributed by atoms with E-state index in [-0.39, 0.29) is 29.6 Å². The average molecular weight is 431 g/mol. The molecule has 12 heteroatoms. The first kappa shape index (κ1) is 21.1. The Hall–Kier alpha value is -2.60. The van der Waals surface area contributed by atoms with Crippen molar-refractivity contribution in [1.29, 1.82) is 0 Å². The summed E-state index contributed by atoms with van der Waals surface area (Å²) >= 11 is 1.60. The number of carboxylic acids is 2. The SMILES string of the molecule is O=C(O)C(F)(F)F.O=C(O)C1=C(CSc2ccncc2)C2CCN[C@@H]3C(=O)N1[C@H]23. The number of nitrogens with one attached hydrogen (secondary N) is 1. The number of β-lactam (4-membered cyclic amide) rings is 1. The smallest absolute Gasteiger partial charge is 0.477 e. The van der Waals surface area contributed by atoms with Gasteiger partial charge in [0.2, 0.25) is 5.91 Å². The molecule has 0 bridgehead atoms. The number of hydrogen-bond donors (Lipinski definition) is 3. The van der Waals surface area contributed by atoms with E-state index in [9.17, 15) is 27.9 Å². The quantitative estimate of drug-likeness (QED) is 0.483. The highest BCUT2D eigenvalue weighted by molar-refractivity contribution is 7.99. The highest BCUT2D eigenvalue weighted by Crippen LogP contribution is 2.47. The molecule has 0 aliphatic carbocycles. The lowest BCUT2D eigenvalue weighted by atomic mass is 9.80. The van der Waals surface area contributed by atoms with Crippen LogP contribution in [0.25, 0.3) is 0 Å². The largest absolute Gasteiger partial charge is 0.490 e. The van der Waals surface area contributed by atoms with Crippen molar-refractivity contribution < 1.29 is 37.8 Å². The minimum Gasteiger partial charge on any atom is -0.477 e. The number of hydrogen-bond acceptors (Lipinski definition) is 6. The van der Waals surface area contributed by atoms with Crippen LogP contribution in [-0.2, 0) is 14.4 Å². The van der Waals surface area contributed by atoms with Gasteiger partial charge in [-0.1, -0.05) is 0 Å². The summed E-state index contributed by atoms with van der Waals surface area (Å²) in [6.45, 7) is 0.766. The van der Waals surface area contributed by atoms with Crippen LogP contribution in [0.5, 0.6) is 0 Å². The fourth-order valence-electron chi connectivity index (χ4n) is 3.68. The van der Waals surface area contributed by atoms with Crippen molar-refractivity contribution in [2.45, 2.75) is 29.6 Å². The van der Waals surface area contributed by atoms with E-state index < -0.39 is 18.1 Å². The topological polar surface area (TPSA) is 120 Å². The summed E-state index contributed by atoms with van der Waals surface area (Å²) in [6, 6.07) is 3.62. The molecule has 29 heavy (non-hydrogen) atoms. The molecule has 3 atom stereocenters. The standard InChI is InChI=1S/C15H15N3O3S.C2HF3O2/c19-14-11-12-9(3-6-17-11)10(13(15(20)21)18(12)14)7-22-8-1-4-16-5-2-8;3-2(4,5)1(6)7/h1-2,4-5,9,11-12,17H,3,6-7H2,(H,20,21);(H,6,7)/t9?,11-,12+;/m0./s1. The van der Waals surface area contributed by atoms with Gasteiger partial charge < -0.3 is 15.5 Å². The number of pyridine rings is 1. The zero-order valence-electron chi connectivity index (χ0n) is 14.7. The highest BCUT2D eigenvalue weighted by atomic mass is 32.2. The highest BCUT2D eigenvalue weighted by Gasteiger charge is 2.60. The van der Waals surface area contributed by atoms with E-state index in [4.69, 9.17) is 9.90 Å². The summed E-state index contributed by atoms with van der Waals surface area (Å²) in [5, 5.41) is 19.9. The Bertz CT molecular complexity index is 862. The molecule has 2 fully saturated rings. The number of carboxylic acid groups (broad SMARTS) is 2. The second kappa shape index (κ2) is 8.03. The molecule has 3 aliphatic rings. The van der Waals surface area contributed by atoms with E-state index in [0.29, 0.717) is 5.75 Å². The third-order valence-electron chi connectivity index (χ3n) is 4.86. The summed E-state index contributed by atoms with van der Waals surface area (Å²) in [5.41, 5.74) is 1.11. The molecule has 1 aromatic rings. The molecule has 1 aromatic heterocycles. The maximum absolute atomic E-state index is 12.1. The van der Waals surface area contributed by atoms with Crippen molar-refractivity contribution in [2.24, 2.45) is 5.92 Å². The number of rotatable bonds is 4. The monoisotopic (exact) mass is 431 g/mol. The number of amides is 1. The minimum atomic E-state index is -5.08. The van der Waals surface area contributed by atoms with Crippen LogP contribution in [0.2, 0.25) is 0 Å². The Kier molecular flexibility index (Phi) is 5.85. The number of aromatic nitrogens is 1. The predicted molar refractivity (Wildman–Crippen MR) is 93.8 cm³/mol. The van der Waals surface area contributed by atoms with E-state index in [1.807, 2.05) is 12.1 Å². The van der Waals surface area contributed by atoms with Gasteiger partial charge in [-0.25, -0.2) is 9.59 Å². The lowest BCUT2D eigenvalue weighted by molar-refractivity contribution is -0.192. The molecule has 1 amide bonds. The molecule has 3 aliphatic heterocycles. The molecular weight excluding hydrogens is 415 g/mol. The lowest BCUT2D eigenvalue weighted by Gasteiger charge is -2.48. The van der Waals surface area contributed by atoms with E-state index in [1.165, 1.54) is 4.90 Å². The third kappa shape index (κ3) is 4.08. The van der Waals surface area contributed by atoms with Gasteiger partial charge >= 0.3 is 18.1 Å². The fourth-order valence-corrected chi connectivity index (χ4v) is 4.66. The zero-order chi connectivity index (χ0) is 21.3. The van der Waals surface area contributed by atoms with Crippen LogP contribution in [-0.4, -0.2) is 68.5 Å². The Morgan fingerprint density at radius 1 is 1.28 bits per heavy atom. The van der Waals surface area contributed by atoms with Crippen LogP contribution < -0.4 is 5.32 Å².